The van der Waals surface area contributed by atoms with E-state index in [1.165, 1.54) is 0 Å². The molecule has 0 N–H and O–H groups in total. The number of hydrogen-bond donors (Lipinski definition) is 0. The van der Waals surface area contributed by atoms with Gasteiger partial charge in [-0.3, -0.25) is 0 Å². The summed E-state index contributed by atoms with van der Waals surface area (Å²) >= 11 is 3.36. The van der Waals surface area contributed by atoms with Gasteiger partial charge in [0.05, 0.1) is 17.7 Å². The Bertz CT molecular complexity index is 691. The van der Waals surface area contributed by atoms with Crippen LogP contribution >= 0.6 is 15.9 Å². The number of alkyl halides is 1. The molecule has 0 unspecified atom stereocenters. The lowest BCUT2D eigenvalue weighted by molar-refractivity contribution is 0.356. The van der Waals surface area contributed by atoms with E-state index in [0.29, 0.717) is 22.5 Å². The van der Waals surface area contributed by atoms with E-state index < -0.39 is 10.0 Å². The summed E-state index contributed by atoms with van der Waals surface area (Å²) in [7, 11) is -3.48. The molecule has 21 heavy (non-hydrogen) atoms. The predicted molar refractivity (Wildman–Crippen MR) is 83.5 cm³/mol. The highest BCUT2D eigenvalue weighted by Gasteiger charge is 2.38. The molecule has 0 amide bonds. The van der Waals surface area contributed by atoms with Crippen molar-refractivity contribution in [2.45, 2.75) is 35.7 Å². The molecular weight excluding hydrogens is 354 g/mol. The summed E-state index contributed by atoms with van der Waals surface area (Å²) in [5.41, 5.74) is 1.05. The molecule has 0 aliphatic heterocycles. The molecule has 1 aromatic heterocycles. The van der Waals surface area contributed by atoms with E-state index >= 15 is 0 Å². The molecule has 2 aromatic rings. The van der Waals surface area contributed by atoms with Crippen LogP contribution in [0.3, 0.4) is 0 Å². The van der Waals surface area contributed by atoms with Gasteiger partial charge in [0, 0.05) is 11.4 Å². The van der Waals surface area contributed by atoms with Crippen LogP contribution in [0.4, 0.5) is 0 Å². The second-order valence-electron chi connectivity index (χ2n) is 5.14. The Morgan fingerprint density at radius 2 is 1.90 bits per heavy atom. The van der Waals surface area contributed by atoms with Crippen LogP contribution < -0.4 is 0 Å². The van der Waals surface area contributed by atoms with Crippen molar-refractivity contribution in [3.05, 3.63) is 54.0 Å². The SMILES string of the molecule is O=S(=O)(c1ccc(CBr)cc1)N(Cc1ccco1)C1CC1. The van der Waals surface area contributed by atoms with Crippen LogP contribution in [-0.2, 0) is 21.9 Å². The summed E-state index contributed by atoms with van der Waals surface area (Å²) in [5, 5.41) is 0.714. The molecule has 0 bridgehead atoms. The van der Waals surface area contributed by atoms with Gasteiger partial charge in [0.25, 0.3) is 0 Å². The molecule has 1 fully saturated rings. The first-order chi connectivity index (χ1) is 10.1. The molecule has 6 heteroatoms. The fourth-order valence-corrected chi connectivity index (χ4v) is 4.24. The van der Waals surface area contributed by atoms with Gasteiger partial charge in [-0.2, -0.15) is 4.31 Å². The minimum atomic E-state index is -3.48. The average Bonchev–Trinajstić information content (AvgIpc) is 3.20. The van der Waals surface area contributed by atoms with E-state index in [-0.39, 0.29) is 6.04 Å². The largest absolute Gasteiger partial charge is 0.468 e. The Balaban J connectivity index is 1.89. The number of hydrogen-bond acceptors (Lipinski definition) is 3. The molecule has 0 spiro atoms. The lowest BCUT2D eigenvalue weighted by Crippen LogP contribution is -2.32. The lowest BCUT2D eigenvalue weighted by Gasteiger charge is -2.21. The first-order valence-corrected chi connectivity index (χ1v) is 9.36. The van der Waals surface area contributed by atoms with Gasteiger partial charge in [0.2, 0.25) is 10.0 Å². The number of benzene rings is 1. The Hall–Kier alpha value is -1.11. The zero-order valence-corrected chi connectivity index (χ0v) is 13.8. The van der Waals surface area contributed by atoms with Crippen molar-refractivity contribution >= 4 is 26.0 Å². The molecule has 1 aliphatic rings. The molecule has 0 radical (unpaired) electrons. The van der Waals surface area contributed by atoms with Gasteiger partial charge in [-0.25, -0.2) is 8.42 Å². The summed E-state index contributed by atoms with van der Waals surface area (Å²) < 4.78 is 32.5. The highest BCUT2D eigenvalue weighted by molar-refractivity contribution is 9.08. The fraction of sp³-hybridized carbons (Fsp3) is 0.333. The van der Waals surface area contributed by atoms with E-state index in [2.05, 4.69) is 15.9 Å². The van der Waals surface area contributed by atoms with Crippen molar-refractivity contribution < 1.29 is 12.8 Å². The zero-order chi connectivity index (χ0) is 14.9. The molecule has 3 rings (SSSR count). The van der Waals surface area contributed by atoms with Gasteiger partial charge in [-0.05, 0) is 42.7 Å². The van der Waals surface area contributed by atoms with Crippen molar-refractivity contribution in [2.75, 3.05) is 0 Å². The molecule has 0 saturated heterocycles. The van der Waals surface area contributed by atoms with Crippen molar-refractivity contribution in [1.82, 2.24) is 4.31 Å². The van der Waals surface area contributed by atoms with Crippen molar-refractivity contribution in [3.63, 3.8) is 0 Å². The highest BCUT2D eigenvalue weighted by Crippen LogP contribution is 2.33. The van der Waals surface area contributed by atoms with E-state index in [9.17, 15) is 8.42 Å². The molecule has 4 nitrogen and oxygen atoms in total. The third-order valence-corrected chi connectivity index (χ3v) is 6.09. The van der Waals surface area contributed by atoms with Crippen LogP contribution in [0, 0.1) is 0 Å². The van der Waals surface area contributed by atoms with Gasteiger partial charge in [0.15, 0.2) is 0 Å². The zero-order valence-electron chi connectivity index (χ0n) is 11.4. The molecule has 1 aromatic carbocycles. The van der Waals surface area contributed by atoms with E-state index in [1.807, 2.05) is 12.1 Å². The number of rotatable bonds is 6. The first-order valence-electron chi connectivity index (χ1n) is 6.80. The third-order valence-electron chi connectivity index (χ3n) is 3.53. The van der Waals surface area contributed by atoms with Crippen LogP contribution in [0.1, 0.15) is 24.2 Å². The predicted octanol–water partition coefficient (Wildman–Crippen LogP) is 3.53. The number of halogens is 1. The Morgan fingerprint density at radius 1 is 1.19 bits per heavy atom. The van der Waals surface area contributed by atoms with Crippen LogP contribution in [0.25, 0.3) is 0 Å². The summed E-state index contributed by atoms with van der Waals surface area (Å²) in [6.45, 7) is 0.292. The standard InChI is InChI=1S/C15H16BrNO3S/c16-10-12-3-7-15(8-4-12)21(18,19)17(13-5-6-13)11-14-2-1-9-20-14/h1-4,7-9,13H,5-6,10-11H2. The van der Waals surface area contributed by atoms with Gasteiger partial charge in [-0.1, -0.05) is 28.1 Å². The molecule has 0 atom stereocenters. The van der Waals surface area contributed by atoms with E-state index in [0.717, 1.165) is 18.4 Å². The number of furan rings is 1. The summed E-state index contributed by atoms with van der Waals surface area (Å²) in [6, 6.07) is 10.7. The topological polar surface area (TPSA) is 50.5 Å². The van der Waals surface area contributed by atoms with E-state index in [4.69, 9.17) is 4.42 Å². The van der Waals surface area contributed by atoms with Crippen LogP contribution in [0.5, 0.6) is 0 Å². The van der Waals surface area contributed by atoms with Crippen molar-refractivity contribution in [2.24, 2.45) is 0 Å². The summed E-state index contributed by atoms with van der Waals surface area (Å²) in [4.78, 5) is 0.339. The smallest absolute Gasteiger partial charge is 0.243 e. The molecule has 1 saturated carbocycles. The van der Waals surface area contributed by atoms with Gasteiger partial charge in [0.1, 0.15) is 5.76 Å². The minimum absolute atomic E-state index is 0.0935. The highest BCUT2D eigenvalue weighted by atomic mass is 79.9. The van der Waals surface area contributed by atoms with Gasteiger partial charge in [-0.15, -0.1) is 0 Å². The first kappa shape index (κ1) is 14.8. The summed E-state index contributed by atoms with van der Waals surface area (Å²) in [5.74, 6) is 0.669. The molecule has 1 heterocycles. The maximum absolute atomic E-state index is 12.8. The van der Waals surface area contributed by atoms with Crippen molar-refractivity contribution in [1.29, 1.82) is 0 Å². The maximum Gasteiger partial charge on any atom is 0.243 e. The molecule has 112 valence electrons. The van der Waals surface area contributed by atoms with Gasteiger partial charge >= 0.3 is 0 Å². The lowest BCUT2D eigenvalue weighted by atomic mass is 10.2. The monoisotopic (exact) mass is 369 g/mol. The van der Waals surface area contributed by atoms with Crippen LogP contribution in [0.2, 0.25) is 0 Å². The quantitative estimate of drug-likeness (QED) is 0.731. The number of sulfonamides is 1. The normalized spacial score (nSPS) is 15.5. The van der Waals surface area contributed by atoms with Gasteiger partial charge < -0.3 is 4.42 Å². The van der Waals surface area contributed by atoms with Crippen LogP contribution in [-0.4, -0.2) is 18.8 Å². The Kier molecular flexibility index (Phi) is 4.19. The Labute approximate surface area is 132 Å². The fourth-order valence-electron chi connectivity index (χ4n) is 2.21. The average molecular weight is 370 g/mol. The Morgan fingerprint density at radius 3 is 2.43 bits per heavy atom. The van der Waals surface area contributed by atoms with E-state index in [1.54, 1.807) is 34.8 Å². The second kappa shape index (κ2) is 5.94. The second-order valence-corrected chi connectivity index (χ2v) is 7.59. The molecular formula is C15H16BrNO3S. The number of nitrogens with zero attached hydrogens (tertiary/aromatic N) is 1. The molecule has 1 aliphatic carbocycles. The third kappa shape index (κ3) is 3.22. The van der Waals surface area contributed by atoms with Crippen molar-refractivity contribution in [3.8, 4) is 0 Å². The minimum Gasteiger partial charge on any atom is -0.468 e. The summed E-state index contributed by atoms with van der Waals surface area (Å²) in [6.07, 6.45) is 3.40. The maximum atomic E-state index is 12.8. The van der Waals surface area contributed by atoms with Crippen LogP contribution in [0.15, 0.2) is 52.0 Å².